The number of nitrogens with zero attached hydrogens (tertiary/aromatic N) is 4. The number of halogens is 1. The molecule has 7 nitrogen and oxygen atoms in total. The summed E-state index contributed by atoms with van der Waals surface area (Å²) >= 11 is 0. The first-order chi connectivity index (χ1) is 16.1. The molecule has 4 aliphatic rings. The van der Waals surface area contributed by atoms with Crippen LogP contribution in [0.3, 0.4) is 0 Å². The zero-order valence-corrected chi connectivity index (χ0v) is 18.6. The highest BCUT2D eigenvalue weighted by Gasteiger charge is 2.28. The normalized spacial score (nSPS) is 19.7. The molecule has 3 heterocycles. The average Bonchev–Trinajstić information content (AvgIpc) is 3.45. The molecule has 1 saturated carbocycles. The topological polar surface area (TPSA) is 71.9 Å². The minimum atomic E-state index is -0.378. The van der Waals surface area contributed by atoms with Crippen LogP contribution in [0.4, 0.5) is 16.0 Å². The molecule has 1 saturated heterocycles. The summed E-state index contributed by atoms with van der Waals surface area (Å²) in [4.78, 5) is 15.8. The van der Waals surface area contributed by atoms with Gasteiger partial charge in [-0.25, -0.2) is 4.39 Å². The molecule has 2 aliphatic heterocycles. The van der Waals surface area contributed by atoms with Crippen molar-refractivity contribution in [1.29, 1.82) is 0 Å². The Balaban J connectivity index is 1.30. The van der Waals surface area contributed by atoms with Gasteiger partial charge in [-0.3, -0.25) is 4.99 Å². The van der Waals surface area contributed by atoms with Gasteiger partial charge >= 0.3 is 6.01 Å². The number of rotatable bonds is 5. The Morgan fingerprint density at radius 2 is 2.00 bits per heavy atom. The molecule has 6 rings (SSSR count). The quantitative estimate of drug-likeness (QED) is 0.734. The third-order valence-corrected chi connectivity index (χ3v) is 6.44. The maximum absolute atomic E-state index is 15.1. The highest BCUT2D eigenvalue weighted by Crippen LogP contribution is 2.38. The number of allylic oxidation sites excluding steroid dienone is 1. The van der Waals surface area contributed by atoms with Gasteiger partial charge in [0.25, 0.3) is 0 Å². The minimum absolute atomic E-state index is 0.101. The Hall–Kier alpha value is -3.26. The fourth-order valence-electron chi connectivity index (χ4n) is 4.53. The van der Waals surface area contributed by atoms with Gasteiger partial charge in [0, 0.05) is 24.7 Å². The Labute approximate surface area is 192 Å². The highest BCUT2D eigenvalue weighted by atomic mass is 19.1. The van der Waals surface area contributed by atoms with Gasteiger partial charge in [0.1, 0.15) is 17.5 Å². The van der Waals surface area contributed by atoms with Crippen LogP contribution < -0.4 is 15.0 Å². The van der Waals surface area contributed by atoms with E-state index in [1.165, 1.54) is 18.4 Å². The number of aliphatic imine (C=N–C) groups is 1. The second kappa shape index (κ2) is 8.26. The van der Waals surface area contributed by atoms with E-state index < -0.39 is 0 Å². The third-order valence-electron chi connectivity index (χ3n) is 6.44. The number of fused-ring (bicyclic) bond motifs is 1. The van der Waals surface area contributed by atoms with Crippen molar-refractivity contribution in [3.05, 3.63) is 52.4 Å². The Morgan fingerprint density at radius 3 is 2.82 bits per heavy atom. The van der Waals surface area contributed by atoms with Gasteiger partial charge in [-0.1, -0.05) is 17.7 Å². The van der Waals surface area contributed by atoms with E-state index in [1.54, 1.807) is 6.07 Å². The summed E-state index contributed by atoms with van der Waals surface area (Å²) in [5.41, 5.74) is 4.07. The standard InChI is InChI=1S/C25H26FN5O2/c1-15-10-17-4-5-20(24(26)19(17)11-15)33-25-29-22(13-23(30-25)31-6-8-32-9-7-31)28-21-12-18(14-27-21)16-2-3-16/h4-5,11-13,16H,2-3,6-10,14H2,1H3,(H,27,28,29,30). The lowest BCUT2D eigenvalue weighted by molar-refractivity contribution is 0.122. The summed E-state index contributed by atoms with van der Waals surface area (Å²) in [6.07, 6.45) is 7.26. The van der Waals surface area contributed by atoms with Crippen LogP contribution in [-0.4, -0.2) is 48.7 Å². The molecule has 0 spiro atoms. The molecule has 0 radical (unpaired) electrons. The number of nitrogens with one attached hydrogen (secondary N) is 1. The largest absolute Gasteiger partial charge is 0.421 e. The van der Waals surface area contributed by atoms with Crippen LogP contribution in [0.2, 0.25) is 0 Å². The molecule has 1 N–H and O–H groups in total. The molecule has 170 valence electrons. The predicted molar refractivity (Wildman–Crippen MR) is 126 cm³/mol. The molecule has 1 aromatic heterocycles. The summed E-state index contributed by atoms with van der Waals surface area (Å²) in [5.74, 6) is 2.51. The molecule has 2 fully saturated rings. The van der Waals surface area contributed by atoms with Crippen LogP contribution in [0, 0.1) is 11.7 Å². The van der Waals surface area contributed by atoms with Crippen molar-refractivity contribution in [3.63, 3.8) is 0 Å². The summed E-state index contributed by atoms with van der Waals surface area (Å²) in [6.45, 7) is 5.45. The van der Waals surface area contributed by atoms with E-state index in [0.29, 0.717) is 36.3 Å². The lowest BCUT2D eigenvalue weighted by atomic mass is 10.1. The molecule has 0 bridgehead atoms. The van der Waals surface area contributed by atoms with E-state index in [1.807, 2.05) is 25.1 Å². The predicted octanol–water partition coefficient (Wildman–Crippen LogP) is 4.36. The molecule has 2 aliphatic carbocycles. The summed E-state index contributed by atoms with van der Waals surface area (Å²) in [5, 5.41) is 3.30. The zero-order chi connectivity index (χ0) is 22.4. The molecular weight excluding hydrogens is 421 g/mol. The molecule has 8 heteroatoms. The number of benzene rings is 1. The van der Waals surface area contributed by atoms with Crippen LogP contribution in [0.25, 0.3) is 6.08 Å². The highest BCUT2D eigenvalue weighted by molar-refractivity contribution is 6.05. The smallest absolute Gasteiger partial charge is 0.326 e. The van der Waals surface area contributed by atoms with Crippen LogP contribution in [0.15, 0.2) is 40.4 Å². The Bertz CT molecular complexity index is 1200. The van der Waals surface area contributed by atoms with Gasteiger partial charge in [-0.15, -0.1) is 0 Å². The van der Waals surface area contributed by atoms with Gasteiger partial charge in [0.15, 0.2) is 11.6 Å². The van der Waals surface area contributed by atoms with E-state index in [4.69, 9.17) is 9.47 Å². The summed E-state index contributed by atoms with van der Waals surface area (Å²) < 4.78 is 26.5. The number of amidine groups is 1. The number of aromatic nitrogens is 2. The molecule has 0 atom stereocenters. The maximum atomic E-state index is 15.1. The van der Waals surface area contributed by atoms with Gasteiger partial charge < -0.3 is 19.7 Å². The first-order valence-electron chi connectivity index (χ1n) is 11.5. The maximum Gasteiger partial charge on any atom is 0.326 e. The lowest BCUT2D eigenvalue weighted by Crippen LogP contribution is -2.36. The van der Waals surface area contributed by atoms with E-state index in [2.05, 4.69) is 31.3 Å². The number of morpholine rings is 1. The molecule has 0 unspecified atom stereocenters. The van der Waals surface area contributed by atoms with E-state index in [-0.39, 0.29) is 17.6 Å². The second-order valence-electron chi connectivity index (χ2n) is 9.03. The van der Waals surface area contributed by atoms with Gasteiger partial charge in [-0.05, 0) is 55.4 Å². The van der Waals surface area contributed by atoms with E-state index in [9.17, 15) is 0 Å². The minimum Gasteiger partial charge on any atom is -0.421 e. The van der Waals surface area contributed by atoms with Crippen molar-refractivity contribution in [2.24, 2.45) is 10.9 Å². The molecule has 33 heavy (non-hydrogen) atoms. The van der Waals surface area contributed by atoms with Crippen LogP contribution >= 0.6 is 0 Å². The van der Waals surface area contributed by atoms with Gasteiger partial charge in [0.05, 0.1) is 19.8 Å². The molecule has 0 amide bonds. The van der Waals surface area contributed by atoms with Crippen LogP contribution in [-0.2, 0) is 11.2 Å². The van der Waals surface area contributed by atoms with Gasteiger partial charge in [0.2, 0.25) is 0 Å². The number of hydrogen-bond donors (Lipinski definition) is 1. The van der Waals surface area contributed by atoms with Crippen molar-refractivity contribution in [2.45, 2.75) is 26.2 Å². The number of anilines is 2. The third kappa shape index (κ3) is 4.23. The van der Waals surface area contributed by atoms with Crippen LogP contribution in [0.5, 0.6) is 11.8 Å². The second-order valence-corrected chi connectivity index (χ2v) is 9.03. The van der Waals surface area contributed by atoms with E-state index >= 15 is 4.39 Å². The van der Waals surface area contributed by atoms with Crippen molar-refractivity contribution in [1.82, 2.24) is 9.97 Å². The summed E-state index contributed by atoms with van der Waals surface area (Å²) in [7, 11) is 0. The first-order valence-corrected chi connectivity index (χ1v) is 11.5. The fraction of sp³-hybridized carbons (Fsp3) is 0.400. The van der Waals surface area contributed by atoms with Crippen molar-refractivity contribution in [2.75, 3.05) is 43.1 Å². The Morgan fingerprint density at radius 1 is 1.15 bits per heavy atom. The first kappa shape index (κ1) is 20.4. The van der Waals surface area contributed by atoms with Crippen molar-refractivity contribution >= 4 is 23.5 Å². The molecule has 2 aromatic rings. The van der Waals surface area contributed by atoms with E-state index in [0.717, 1.165) is 43.0 Å². The average molecular weight is 448 g/mol. The van der Waals surface area contributed by atoms with Crippen LogP contribution in [0.1, 0.15) is 30.9 Å². The number of ether oxygens (including phenoxy) is 2. The van der Waals surface area contributed by atoms with Crippen molar-refractivity contribution < 1.29 is 13.9 Å². The molecule has 1 aromatic carbocycles. The summed E-state index contributed by atoms with van der Waals surface area (Å²) in [6, 6.07) is 5.55. The zero-order valence-electron chi connectivity index (χ0n) is 18.6. The number of hydrogen-bond acceptors (Lipinski definition) is 7. The SMILES string of the molecule is CC1=Cc2c(ccc(Oc3nc(NC4=NCC(C5CC5)=C4)cc(N4CCOCC4)n3)c2F)C1. The monoisotopic (exact) mass is 447 g/mol. The Kier molecular flexibility index (Phi) is 5.10. The molecular formula is C25H26FN5O2. The van der Waals surface area contributed by atoms with Gasteiger partial charge in [-0.2, -0.15) is 9.97 Å². The fourth-order valence-corrected chi connectivity index (χ4v) is 4.53. The van der Waals surface area contributed by atoms with Crippen molar-refractivity contribution in [3.8, 4) is 11.8 Å². The lowest BCUT2D eigenvalue weighted by Gasteiger charge is -2.28.